The van der Waals surface area contributed by atoms with Crippen molar-refractivity contribution in [3.63, 3.8) is 0 Å². The maximum atomic E-state index is 6.52. The SMILES string of the molecule is Clc1nc(NC2CCC(Oc3cc(N4CCOCC4)cc4nccnc34)CC2)nc2cc[nH]c12. The van der Waals surface area contributed by atoms with Gasteiger partial charge in [0.05, 0.1) is 30.4 Å². The third kappa shape index (κ3) is 4.33. The Morgan fingerprint density at radius 3 is 2.71 bits per heavy atom. The van der Waals surface area contributed by atoms with Crippen LogP contribution in [0.15, 0.2) is 36.8 Å². The number of morpholine rings is 1. The number of rotatable bonds is 5. The van der Waals surface area contributed by atoms with Crippen molar-refractivity contribution in [3.8, 4) is 5.75 Å². The summed E-state index contributed by atoms with van der Waals surface area (Å²) in [6.07, 6.45) is 9.18. The summed E-state index contributed by atoms with van der Waals surface area (Å²) >= 11 is 6.29. The molecule has 4 heterocycles. The number of hydrogen-bond acceptors (Lipinski definition) is 8. The molecule has 10 heteroatoms. The van der Waals surface area contributed by atoms with Gasteiger partial charge in [0.1, 0.15) is 16.8 Å². The van der Waals surface area contributed by atoms with Crippen molar-refractivity contribution < 1.29 is 9.47 Å². The predicted molar refractivity (Wildman–Crippen MR) is 132 cm³/mol. The summed E-state index contributed by atoms with van der Waals surface area (Å²) in [5.74, 6) is 1.37. The van der Waals surface area contributed by atoms with Crippen LogP contribution in [0, 0.1) is 0 Å². The third-order valence-corrected chi connectivity index (χ3v) is 6.84. The van der Waals surface area contributed by atoms with Crippen molar-refractivity contribution in [2.75, 3.05) is 36.5 Å². The molecule has 176 valence electrons. The highest BCUT2D eigenvalue weighted by Crippen LogP contribution is 2.33. The number of fused-ring (bicyclic) bond motifs is 2. The number of aromatic nitrogens is 5. The van der Waals surface area contributed by atoms with Gasteiger partial charge >= 0.3 is 0 Å². The molecule has 3 aromatic heterocycles. The van der Waals surface area contributed by atoms with Gasteiger partial charge in [-0.05, 0) is 37.8 Å². The molecule has 2 N–H and O–H groups in total. The first-order valence-corrected chi connectivity index (χ1v) is 12.1. The van der Waals surface area contributed by atoms with E-state index in [4.69, 9.17) is 21.1 Å². The fraction of sp³-hybridized carbons (Fsp3) is 0.417. The summed E-state index contributed by atoms with van der Waals surface area (Å²) in [6.45, 7) is 3.19. The average molecular weight is 480 g/mol. The monoisotopic (exact) mass is 479 g/mol. The Morgan fingerprint density at radius 1 is 1.03 bits per heavy atom. The Kier molecular flexibility index (Phi) is 5.80. The lowest BCUT2D eigenvalue weighted by molar-refractivity contribution is 0.122. The number of ether oxygens (including phenoxy) is 2. The molecule has 0 spiro atoms. The first-order chi connectivity index (χ1) is 16.7. The third-order valence-electron chi connectivity index (χ3n) is 6.56. The second-order valence-corrected chi connectivity index (χ2v) is 9.14. The van der Waals surface area contributed by atoms with E-state index in [1.54, 1.807) is 12.4 Å². The molecule has 0 bridgehead atoms. The molecule has 2 aliphatic rings. The molecule has 0 atom stereocenters. The number of nitrogens with zero attached hydrogens (tertiary/aromatic N) is 5. The maximum Gasteiger partial charge on any atom is 0.225 e. The number of hydrogen-bond donors (Lipinski definition) is 2. The zero-order valence-electron chi connectivity index (χ0n) is 18.7. The van der Waals surface area contributed by atoms with Crippen molar-refractivity contribution >= 4 is 45.3 Å². The zero-order valence-corrected chi connectivity index (χ0v) is 19.5. The van der Waals surface area contributed by atoms with E-state index < -0.39 is 0 Å². The number of nitrogens with one attached hydrogen (secondary N) is 2. The van der Waals surface area contributed by atoms with Gasteiger partial charge in [0.15, 0.2) is 5.15 Å². The Labute approximate surface area is 201 Å². The maximum absolute atomic E-state index is 6.52. The molecule has 6 rings (SSSR count). The van der Waals surface area contributed by atoms with E-state index in [-0.39, 0.29) is 12.1 Å². The van der Waals surface area contributed by atoms with Gasteiger partial charge in [-0.15, -0.1) is 0 Å². The van der Waals surface area contributed by atoms with Crippen LogP contribution >= 0.6 is 11.6 Å². The minimum absolute atomic E-state index is 0.125. The molecule has 34 heavy (non-hydrogen) atoms. The second kappa shape index (κ2) is 9.23. The van der Waals surface area contributed by atoms with E-state index in [9.17, 15) is 0 Å². The first kappa shape index (κ1) is 21.4. The number of H-pyrrole nitrogens is 1. The molecule has 1 aliphatic heterocycles. The van der Waals surface area contributed by atoms with Crippen LogP contribution in [-0.2, 0) is 4.74 Å². The molecule has 1 aliphatic carbocycles. The van der Waals surface area contributed by atoms with Crippen molar-refractivity contribution in [1.82, 2.24) is 24.9 Å². The van der Waals surface area contributed by atoms with Gasteiger partial charge in [-0.25, -0.2) is 9.97 Å². The largest absolute Gasteiger partial charge is 0.488 e. The van der Waals surface area contributed by atoms with E-state index in [0.29, 0.717) is 11.1 Å². The molecular formula is C24H26ClN7O2. The Hall–Kier alpha value is -3.17. The molecular weight excluding hydrogens is 454 g/mol. The quantitative estimate of drug-likeness (QED) is 0.411. The molecule has 1 saturated carbocycles. The van der Waals surface area contributed by atoms with E-state index in [0.717, 1.165) is 85.5 Å². The lowest BCUT2D eigenvalue weighted by Crippen LogP contribution is -2.36. The molecule has 1 saturated heterocycles. The fourth-order valence-corrected chi connectivity index (χ4v) is 5.01. The van der Waals surface area contributed by atoms with Crippen LogP contribution in [0.1, 0.15) is 25.7 Å². The molecule has 0 radical (unpaired) electrons. The predicted octanol–water partition coefficient (Wildman–Crippen LogP) is 4.19. The number of anilines is 2. The van der Waals surface area contributed by atoms with Crippen LogP contribution in [0.5, 0.6) is 5.75 Å². The van der Waals surface area contributed by atoms with E-state index >= 15 is 0 Å². The lowest BCUT2D eigenvalue weighted by atomic mass is 9.93. The zero-order chi connectivity index (χ0) is 22.9. The summed E-state index contributed by atoms with van der Waals surface area (Å²) in [4.78, 5) is 23.4. The molecule has 0 unspecified atom stereocenters. The van der Waals surface area contributed by atoms with Gasteiger partial charge in [0.25, 0.3) is 0 Å². The molecule has 1 aromatic carbocycles. The Morgan fingerprint density at radius 2 is 1.85 bits per heavy atom. The first-order valence-electron chi connectivity index (χ1n) is 11.7. The van der Waals surface area contributed by atoms with E-state index in [2.05, 4.69) is 47.3 Å². The molecule has 9 nitrogen and oxygen atoms in total. The smallest absolute Gasteiger partial charge is 0.225 e. The topological polar surface area (TPSA) is 101 Å². The van der Waals surface area contributed by atoms with Crippen molar-refractivity contribution in [2.24, 2.45) is 0 Å². The van der Waals surface area contributed by atoms with Gasteiger partial charge in [0, 0.05) is 49.5 Å². The number of benzene rings is 1. The van der Waals surface area contributed by atoms with Crippen LogP contribution in [0.4, 0.5) is 11.6 Å². The van der Waals surface area contributed by atoms with Gasteiger partial charge in [-0.3, -0.25) is 4.98 Å². The standard InChI is InChI=1S/C24H26ClN7O2/c25-23-22-18(5-6-27-22)30-24(31-23)29-15-1-3-17(4-2-15)34-20-14-16(32-9-11-33-12-10-32)13-19-21(20)28-8-7-26-19/h5-8,13-15,17,27H,1-4,9-12H2,(H,29,30,31). The van der Waals surface area contributed by atoms with Crippen LogP contribution in [-0.4, -0.2) is 63.4 Å². The number of halogens is 1. The normalized spacial score (nSPS) is 21.1. The number of aromatic amines is 1. The highest BCUT2D eigenvalue weighted by molar-refractivity contribution is 6.33. The molecule has 0 amide bonds. The Bertz CT molecular complexity index is 1300. The molecule has 2 fully saturated rings. The van der Waals surface area contributed by atoms with Crippen LogP contribution in [0.25, 0.3) is 22.1 Å². The summed E-state index contributed by atoms with van der Waals surface area (Å²) in [6, 6.07) is 6.38. The minimum Gasteiger partial charge on any atom is -0.488 e. The summed E-state index contributed by atoms with van der Waals surface area (Å²) in [5, 5.41) is 3.89. The van der Waals surface area contributed by atoms with Crippen molar-refractivity contribution in [1.29, 1.82) is 0 Å². The van der Waals surface area contributed by atoms with Gasteiger partial charge in [-0.1, -0.05) is 11.6 Å². The van der Waals surface area contributed by atoms with Gasteiger partial charge in [0.2, 0.25) is 5.95 Å². The summed E-state index contributed by atoms with van der Waals surface area (Å²) in [7, 11) is 0. The average Bonchev–Trinajstić information content (AvgIpc) is 3.35. The van der Waals surface area contributed by atoms with Gasteiger partial charge < -0.3 is 24.7 Å². The van der Waals surface area contributed by atoms with Crippen LogP contribution < -0.4 is 15.0 Å². The van der Waals surface area contributed by atoms with Crippen molar-refractivity contribution in [2.45, 2.75) is 37.8 Å². The van der Waals surface area contributed by atoms with E-state index in [1.165, 1.54) is 0 Å². The highest BCUT2D eigenvalue weighted by atomic mass is 35.5. The Balaban J connectivity index is 1.14. The van der Waals surface area contributed by atoms with Crippen LogP contribution in [0.2, 0.25) is 5.15 Å². The van der Waals surface area contributed by atoms with Crippen molar-refractivity contribution in [3.05, 3.63) is 41.9 Å². The summed E-state index contributed by atoms with van der Waals surface area (Å²) in [5.41, 5.74) is 4.34. The van der Waals surface area contributed by atoms with Crippen LogP contribution in [0.3, 0.4) is 0 Å². The second-order valence-electron chi connectivity index (χ2n) is 8.78. The lowest BCUT2D eigenvalue weighted by Gasteiger charge is -2.31. The minimum atomic E-state index is 0.125. The highest BCUT2D eigenvalue weighted by Gasteiger charge is 2.25. The molecule has 4 aromatic rings. The van der Waals surface area contributed by atoms with E-state index in [1.807, 2.05) is 12.3 Å². The van der Waals surface area contributed by atoms with Gasteiger partial charge in [-0.2, -0.15) is 4.98 Å². The summed E-state index contributed by atoms with van der Waals surface area (Å²) < 4.78 is 12.0. The fourth-order valence-electron chi connectivity index (χ4n) is 4.78.